The second-order valence-electron chi connectivity index (χ2n) is 2.32. The van der Waals surface area contributed by atoms with Crippen molar-refractivity contribution >= 4 is 6.09 Å². The Bertz CT molecular complexity index is 190. The van der Waals surface area contributed by atoms with Crippen LogP contribution in [-0.2, 0) is 4.74 Å². The van der Waals surface area contributed by atoms with Crippen molar-refractivity contribution in [2.24, 2.45) is 0 Å². The van der Waals surface area contributed by atoms with Crippen molar-refractivity contribution in [3.63, 3.8) is 0 Å². The van der Waals surface area contributed by atoms with Crippen LogP contribution in [0.3, 0.4) is 0 Å². The predicted molar refractivity (Wildman–Crippen MR) is 38.2 cm³/mol. The third kappa shape index (κ3) is 1.85. The van der Waals surface area contributed by atoms with E-state index in [0.717, 1.165) is 0 Å². The van der Waals surface area contributed by atoms with Crippen LogP contribution in [0.25, 0.3) is 0 Å². The first-order valence-corrected chi connectivity index (χ1v) is 3.27. The van der Waals surface area contributed by atoms with Crippen molar-refractivity contribution in [1.29, 1.82) is 0 Å². The number of terminal acetylenes is 1. The number of hydrogen-bond acceptors (Lipinski definition) is 2. The van der Waals surface area contributed by atoms with Gasteiger partial charge in [-0.2, -0.15) is 0 Å². The summed E-state index contributed by atoms with van der Waals surface area (Å²) in [7, 11) is 0. The summed E-state index contributed by atoms with van der Waals surface area (Å²) in [5.74, 6) is 2.32. The van der Waals surface area contributed by atoms with Gasteiger partial charge in [0.25, 0.3) is 0 Å². The minimum absolute atomic E-state index is 0.00199. The first kappa shape index (κ1) is 7.89. The summed E-state index contributed by atoms with van der Waals surface area (Å²) < 4.78 is 5.07. The van der Waals surface area contributed by atoms with Gasteiger partial charge in [0.05, 0.1) is 19.2 Å². The van der Waals surface area contributed by atoms with E-state index in [0.29, 0.717) is 13.1 Å². The molecular formula is C7H9NO3. The Morgan fingerprint density at radius 2 is 2.45 bits per heavy atom. The van der Waals surface area contributed by atoms with Crippen LogP contribution in [0.15, 0.2) is 0 Å². The third-order valence-corrected chi connectivity index (χ3v) is 1.52. The van der Waals surface area contributed by atoms with Crippen molar-refractivity contribution in [1.82, 2.24) is 4.90 Å². The van der Waals surface area contributed by atoms with Gasteiger partial charge in [-0.25, -0.2) is 4.79 Å². The van der Waals surface area contributed by atoms with Gasteiger partial charge in [-0.05, 0) is 0 Å². The summed E-state index contributed by atoms with van der Waals surface area (Å²) in [5, 5.41) is 8.41. The van der Waals surface area contributed by atoms with Crippen molar-refractivity contribution < 1.29 is 14.6 Å². The van der Waals surface area contributed by atoms with Gasteiger partial charge in [0.1, 0.15) is 6.61 Å². The van der Waals surface area contributed by atoms with Crippen LogP contribution in [0, 0.1) is 12.3 Å². The molecule has 4 heteroatoms. The molecule has 1 saturated heterocycles. The first-order valence-electron chi connectivity index (χ1n) is 3.27. The SMILES string of the molecule is C#CCOC1CN(C(=O)O)C1. The molecule has 0 spiro atoms. The smallest absolute Gasteiger partial charge is 0.407 e. The highest BCUT2D eigenvalue weighted by Gasteiger charge is 2.30. The predicted octanol–water partition coefficient (Wildman–Crippen LogP) is -0.00160. The molecule has 1 N–H and O–H groups in total. The number of nitrogens with zero attached hydrogens (tertiary/aromatic N) is 1. The molecule has 0 aromatic heterocycles. The van der Waals surface area contributed by atoms with Gasteiger partial charge in [0.2, 0.25) is 0 Å². The zero-order valence-corrected chi connectivity index (χ0v) is 5.99. The van der Waals surface area contributed by atoms with Crippen molar-refractivity contribution in [3.8, 4) is 12.3 Å². The molecule has 11 heavy (non-hydrogen) atoms. The van der Waals surface area contributed by atoms with E-state index in [1.54, 1.807) is 0 Å². The lowest BCUT2D eigenvalue weighted by Crippen LogP contribution is -2.54. The topological polar surface area (TPSA) is 49.8 Å². The molecule has 60 valence electrons. The lowest BCUT2D eigenvalue weighted by molar-refractivity contribution is -0.0316. The number of hydrogen-bond donors (Lipinski definition) is 1. The maximum atomic E-state index is 10.2. The van der Waals surface area contributed by atoms with Crippen LogP contribution in [0.4, 0.5) is 4.79 Å². The first-order chi connectivity index (χ1) is 5.24. The molecule has 0 aliphatic carbocycles. The summed E-state index contributed by atoms with van der Waals surface area (Å²) in [6, 6.07) is 0. The van der Waals surface area contributed by atoms with E-state index in [9.17, 15) is 4.79 Å². The molecule has 0 saturated carbocycles. The second kappa shape index (κ2) is 3.26. The van der Waals surface area contributed by atoms with Gasteiger partial charge >= 0.3 is 6.09 Å². The number of carboxylic acid groups (broad SMARTS) is 1. The number of carbonyl (C=O) groups is 1. The fourth-order valence-corrected chi connectivity index (χ4v) is 0.866. The number of ether oxygens (including phenoxy) is 1. The summed E-state index contributed by atoms with van der Waals surface area (Å²) in [5.41, 5.74) is 0. The molecule has 4 nitrogen and oxygen atoms in total. The molecule has 0 atom stereocenters. The van der Waals surface area contributed by atoms with Crippen LogP contribution in [0.1, 0.15) is 0 Å². The van der Waals surface area contributed by atoms with Crippen LogP contribution in [-0.4, -0.2) is 41.9 Å². The number of likely N-dealkylation sites (tertiary alicyclic amines) is 1. The minimum atomic E-state index is -0.898. The van der Waals surface area contributed by atoms with Crippen molar-refractivity contribution in [2.45, 2.75) is 6.10 Å². The Hall–Kier alpha value is -1.21. The van der Waals surface area contributed by atoms with Crippen LogP contribution >= 0.6 is 0 Å². The maximum absolute atomic E-state index is 10.2. The number of amides is 1. The highest BCUT2D eigenvalue weighted by molar-refractivity contribution is 5.66. The molecule has 1 fully saturated rings. The Morgan fingerprint density at radius 3 is 2.91 bits per heavy atom. The Morgan fingerprint density at radius 1 is 1.82 bits per heavy atom. The average Bonchev–Trinajstić information content (AvgIpc) is 1.84. The van der Waals surface area contributed by atoms with Crippen LogP contribution in [0.5, 0.6) is 0 Å². The van der Waals surface area contributed by atoms with Gasteiger partial charge in [-0.15, -0.1) is 6.42 Å². The quantitative estimate of drug-likeness (QED) is 0.571. The molecule has 0 unspecified atom stereocenters. The van der Waals surface area contributed by atoms with Crippen LogP contribution < -0.4 is 0 Å². The standard InChI is InChI=1S/C7H9NO3/c1-2-3-11-6-4-8(5-6)7(9)10/h1,6H,3-5H2,(H,9,10). The monoisotopic (exact) mass is 155 g/mol. The largest absolute Gasteiger partial charge is 0.465 e. The summed E-state index contributed by atoms with van der Waals surface area (Å²) in [6.07, 6.45) is 4.05. The van der Waals surface area contributed by atoms with E-state index in [1.165, 1.54) is 4.90 Å². The van der Waals surface area contributed by atoms with Gasteiger partial charge in [-0.1, -0.05) is 5.92 Å². The third-order valence-electron chi connectivity index (χ3n) is 1.52. The Kier molecular flexibility index (Phi) is 2.34. The van der Waals surface area contributed by atoms with E-state index in [4.69, 9.17) is 16.3 Å². The van der Waals surface area contributed by atoms with Gasteiger partial charge in [0.15, 0.2) is 0 Å². The lowest BCUT2D eigenvalue weighted by atomic mass is 10.2. The molecule has 0 aromatic carbocycles. The summed E-state index contributed by atoms with van der Waals surface area (Å²) in [6.45, 7) is 1.14. The molecule has 1 heterocycles. The lowest BCUT2D eigenvalue weighted by Gasteiger charge is -2.36. The van der Waals surface area contributed by atoms with E-state index in [1.807, 2.05) is 0 Å². The van der Waals surface area contributed by atoms with E-state index >= 15 is 0 Å². The minimum Gasteiger partial charge on any atom is -0.465 e. The Labute approximate surface area is 64.8 Å². The number of rotatable bonds is 2. The fraction of sp³-hybridized carbons (Fsp3) is 0.571. The molecule has 0 aromatic rings. The molecule has 0 radical (unpaired) electrons. The molecule has 0 bridgehead atoms. The zero-order valence-electron chi connectivity index (χ0n) is 5.99. The van der Waals surface area contributed by atoms with E-state index in [2.05, 4.69) is 5.92 Å². The summed E-state index contributed by atoms with van der Waals surface area (Å²) >= 11 is 0. The molecule has 1 aliphatic rings. The Balaban J connectivity index is 2.10. The van der Waals surface area contributed by atoms with Gasteiger partial charge in [0, 0.05) is 0 Å². The average molecular weight is 155 g/mol. The van der Waals surface area contributed by atoms with E-state index in [-0.39, 0.29) is 12.7 Å². The highest BCUT2D eigenvalue weighted by atomic mass is 16.5. The fourth-order valence-electron chi connectivity index (χ4n) is 0.866. The second-order valence-corrected chi connectivity index (χ2v) is 2.32. The van der Waals surface area contributed by atoms with Crippen molar-refractivity contribution in [2.75, 3.05) is 19.7 Å². The zero-order chi connectivity index (χ0) is 8.27. The van der Waals surface area contributed by atoms with Crippen LogP contribution in [0.2, 0.25) is 0 Å². The molecule has 1 amide bonds. The highest BCUT2D eigenvalue weighted by Crippen LogP contribution is 2.10. The van der Waals surface area contributed by atoms with E-state index < -0.39 is 6.09 Å². The van der Waals surface area contributed by atoms with Gasteiger partial charge < -0.3 is 14.7 Å². The summed E-state index contributed by atoms with van der Waals surface area (Å²) in [4.78, 5) is 11.5. The normalized spacial score (nSPS) is 17.2. The van der Waals surface area contributed by atoms with Crippen molar-refractivity contribution in [3.05, 3.63) is 0 Å². The van der Waals surface area contributed by atoms with Gasteiger partial charge in [-0.3, -0.25) is 0 Å². The molecular weight excluding hydrogens is 146 g/mol. The molecule has 1 aliphatic heterocycles. The molecule has 1 rings (SSSR count). The maximum Gasteiger partial charge on any atom is 0.407 e.